The number of benzene rings is 1. The molecule has 0 saturated carbocycles. The summed E-state index contributed by atoms with van der Waals surface area (Å²) in [4.78, 5) is 26.8. The topological polar surface area (TPSA) is 81.1 Å². The molecule has 1 amide bonds. The number of hydrogen-bond donors (Lipinski definition) is 2. The number of fused-ring (bicyclic) bond motifs is 1. The van der Waals surface area contributed by atoms with Crippen LogP contribution < -0.4 is 9.80 Å². The minimum atomic E-state index is -0.741. The van der Waals surface area contributed by atoms with Gasteiger partial charge < -0.3 is 20.0 Å². The second kappa shape index (κ2) is 5.96. The first-order chi connectivity index (χ1) is 10.6. The fraction of sp³-hybridized carbons (Fsp3) is 0.500. The zero-order valence-electron chi connectivity index (χ0n) is 12.4. The molecule has 1 fully saturated rings. The molecule has 2 aliphatic rings. The third kappa shape index (κ3) is 2.66. The Morgan fingerprint density at radius 1 is 1.36 bits per heavy atom. The van der Waals surface area contributed by atoms with Gasteiger partial charge in [0.15, 0.2) is 0 Å². The molecule has 6 heteroatoms. The standard InChI is InChI=1S/C16H20N2O4/c19-7-6-18-14-4-3-13(8-12(14)9-15(18)20)17-5-1-2-11(10-17)16(21)22/h3-4,8,11,19H,1-2,5-7,9-10H2,(H,21,22). The maximum Gasteiger partial charge on any atom is 0.308 e. The van der Waals surface area contributed by atoms with Gasteiger partial charge in [-0.05, 0) is 36.6 Å². The highest BCUT2D eigenvalue weighted by atomic mass is 16.4. The molecule has 1 atom stereocenters. The summed E-state index contributed by atoms with van der Waals surface area (Å²) in [7, 11) is 0. The van der Waals surface area contributed by atoms with Crippen molar-refractivity contribution in [2.24, 2.45) is 5.92 Å². The SMILES string of the molecule is O=C(O)C1CCCN(c2ccc3c(c2)CC(=O)N3CCO)C1. The molecule has 0 bridgehead atoms. The summed E-state index contributed by atoms with van der Waals surface area (Å²) in [5.74, 6) is -1.06. The quantitative estimate of drug-likeness (QED) is 0.862. The van der Waals surface area contributed by atoms with Crippen LogP contribution in [0.2, 0.25) is 0 Å². The predicted octanol–water partition coefficient (Wildman–Crippen LogP) is 0.869. The van der Waals surface area contributed by atoms with Crippen LogP contribution in [-0.4, -0.2) is 48.3 Å². The Morgan fingerprint density at radius 3 is 2.91 bits per heavy atom. The van der Waals surface area contributed by atoms with Crippen LogP contribution in [-0.2, 0) is 16.0 Å². The van der Waals surface area contributed by atoms with Gasteiger partial charge in [-0.25, -0.2) is 0 Å². The summed E-state index contributed by atoms with van der Waals surface area (Å²) in [6.45, 7) is 1.62. The van der Waals surface area contributed by atoms with Crippen LogP contribution in [0, 0.1) is 5.92 Å². The first-order valence-corrected chi connectivity index (χ1v) is 7.62. The van der Waals surface area contributed by atoms with Crippen LogP contribution in [0.25, 0.3) is 0 Å². The van der Waals surface area contributed by atoms with Gasteiger partial charge in [0.05, 0.1) is 18.9 Å². The van der Waals surface area contributed by atoms with Crippen molar-refractivity contribution in [3.8, 4) is 0 Å². The lowest BCUT2D eigenvalue weighted by Gasteiger charge is -2.32. The molecule has 118 valence electrons. The predicted molar refractivity (Wildman–Crippen MR) is 82.2 cm³/mol. The summed E-state index contributed by atoms with van der Waals surface area (Å²) >= 11 is 0. The summed E-state index contributed by atoms with van der Waals surface area (Å²) in [6.07, 6.45) is 1.93. The fourth-order valence-corrected chi connectivity index (χ4v) is 3.32. The molecule has 3 rings (SSSR count). The van der Waals surface area contributed by atoms with Crippen LogP contribution >= 0.6 is 0 Å². The second-order valence-electron chi connectivity index (χ2n) is 5.88. The summed E-state index contributed by atoms with van der Waals surface area (Å²) in [5, 5.41) is 18.2. The molecule has 0 spiro atoms. The van der Waals surface area contributed by atoms with E-state index >= 15 is 0 Å². The summed E-state index contributed by atoms with van der Waals surface area (Å²) < 4.78 is 0. The molecule has 6 nitrogen and oxygen atoms in total. The Labute approximate surface area is 129 Å². The van der Waals surface area contributed by atoms with E-state index in [1.807, 2.05) is 18.2 Å². The third-order valence-electron chi connectivity index (χ3n) is 4.46. The minimum absolute atomic E-state index is 0.00302. The Balaban J connectivity index is 1.81. The van der Waals surface area contributed by atoms with Gasteiger partial charge in [0.25, 0.3) is 0 Å². The van der Waals surface area contributed by atoms with Crippen LogP contribution in [0.4, 0.5) is 11.4 Å². The normalized spacial score (nSPS) is 21.1. The van der Waals surface area contributed by atoms with Gasteiger partial charge in [0.2, 0.25) is 5.91 Å². The summed E-state index contributed by atoms with van der Waals surface area (Å²) in [6, 6.07) is 5.82. The van der Waals surface area contributed by atoms with E-state index in [9.17, 15) is 14.7 Å². The van der Waals surface area contributed by atoms with Gasteiger partial charge in [-0.3, -0.25) is 9.59 Å². The van der Waals surface area contributed by atoms with Crippen molar-refractivity contribution >= 4 is 23.3 Å². The number of carbonyl (C=O) groups excluding carboxylic acids is 1. The zero-order chi connectivity index (χ0) is 15.7. The van der Waals surface area contributed by atoms with E-state index in [1.54, 1.807) is 4.90 Å². The zero-order valence-corrected chi connectivity index (χ0v) is 12.4. The smallest absolute Gasteiger partial charge is 0.308 e. The van der Waals surface area contributed by atoms with Crippen LogP contribution in [0.15, 0.2) is 18.2 Å². The molecule has 1 saturated heterocycles. The molecule has 22 heavy (non-hydrogen) atoms. The van der Waals surface area contributed by atoms with E-state index < -0.39 is 5.97 Å². The van der Waals surface area contributed by atoms with Crippen LogP contribution in [0.1, 0.15) is 18.4 Å². The van der Waals surface area contributed by atoms with E-state index in [0.717, 1.165) is 36.3 Å². The van der Waals surface area contributed by atoms with Crippen molar-refractivity contribution in [3.63, 3.8) is 0 Å². The number of aliphatic hydroxyl groups excluding tert-OH is 1. The Hall–Kier alpha value is -2.08. The monoisotopic (exact) mass is 304 g/mol. The number of aliphatic carboxylic acids is 1. The van der Waals surface area contributed by atoms with Gasteiger partial charge in [0, 0.05) is 31.0 Å². The number of nitrogens with zero attached hydrogens (tertiary/aromatic N) is 2. The fourth-order valence-electron chi connectivity index (χ4n) is 3.32. The van der Waals surface area contributed by atoms with Crippen molar-refractivity contribution < 1.29 is 19.8 Å². The van der Waals surface area contributed by atoms with Crippen LogP contribution in [0.3, 0.4) is 0 Å². The third-order valence-corrected chi connectivity index (χ3v) is 4.46. The lowest BCUT2D eigenvalue weighted by molar-refractivity contribution is -0.142. The first kappa shape index (κ1) is 14.8. The Kier molecular flexibility index (Phi) is 4.02. The maximum absolute atomic E-state index is 12.0. The molecule has 0 radical (unpaired) electrons. The second-order valence-corrected chi connectivity index (χ2v) is 5.88. The number of carbonyl (C=O) groups is 2. The van der Waals surface area contributed by atoms with E-state index in [4.69, 9.17) is 5.11 Å². The average molecular weight is 304 g/mol. The van der Waals surface area contributed by atoms with Gasteiger partial charge >= 0.3 is 5.97 Å². The average Bonchev–Trinajstić information content (AvgIpc) is 2.83. The number of piperidine rings is 1. The lowest BCUT2D eigenvalue weighted by atomic mass is 9.97. The highest BCUT2D eigenvalue weighted by Crippen LogP contribution is 2.33. The summed E-state index contributed by atoms with van der Waals surface area (Å²) in [5.41, 5.74) is 2.78. The number of hydrogen-bond acceptors (Lipinski definition) is 4. The molecule has 1 aromatic rings. The number of aliphatic hydroxyl groups is 1. The highest BCUT2D eigenvalue weighted by molar-refractivity contribution is 6.01. The molecular weight excluding hydrogens is 284 g/mol. The van der Waals surface area contributed by atoms with Gasteiger partial charge in [-0.15, -0.1) is 0 Å². The molecule has 0 aliphatic carbocycles. The van der Waals surface area contributed by atoms with E-state index in [1.165, 1.54) is 0 Å². The number of anilines is 2. The largest absolute Gasteiger partial charge is 0.481 e. The molecule has 2 aliphatic heterocycles. The molecule has 1 aromatic carbocycles. The molecule has 2 heterocycles. The van der Waals surface area contributed by atoms with Gasteiger partial charge in [-0.2, -0.15) is 0 Å². The van der Waals surface area contributed by atoms with Gasteiger partial charge in [0.1, 0.15) is 0 Å². The van der Waals surface area contributed by atoms with Crippen molar-refractivity contribution in [1.29, 1.82) is 0 Å². The number of rotatable bonds is 4. The van der Waals surface area contributed by atoms with Crippen LogP contribution in [0.5, 0.6) is 0 Å². The maximum atomic E-state index is 12.0. The Bertz CT molecular complexity index is 602. The molecule has 0 aromatic heterocycles. The van der Waals surface area contributed by atoms with Gasteiger partial charge in [-0.1, -0.05) is 0 Å². The van der Waals surface area contributed by atoms with Crippen molar-refractivity contribution in [2.75, 3.05) is 36.0 Å². The first-order valence-electron chi connectivity index (χ1n) is 7.62. The van der Waals surface area contributed by atoms with Crippen molar-refractivity contribution in [3.05, 3.63) is 23.8 Å². The number of carboxylic acid groups (broad SMARTS) is 1. The van der Waals surface area contributed by atoms with E-state index in [2.05, 4.69) is 4.90 Å². The van der Waals surface area contributed by atoms with E-state index in [-0.39, 0.29) is 18.4 Å². The number of amides is 1. The Morgan fingerprint density at radius 2 is 2.18 bits per heavy atom. The number of β-amino-alcohol motifs (C(OH)–C–C–N with tert-alkyl or cyclic N) is 1. The van der Waals surface area contributed by atoms with Crippen molar-refractivity contribution in [1.82, 2.24) is 0 Å². The van der Waals surface area contributed by atoms with E-state index in [0.29, 0.717) is 19.5 Å². The highest BCUT2D eigenvalue weighted by Gasteiger charge is 2.29. The van der Waals surface area contributed by atoms with Crippen molar-refractivity contribution in [2.45, 2.75) is 19.3 Å². The molecule has 1 unspecified atom stereocenters. The molecule has 2 N–H and O–H groups in total. The lowest BCUT2D eigenvalue weighted by Crippen LogP contribution is -2.38. The molecular formula is C16H20N2O4. The number of carboxylic acids is 1. The minimum Gasteiger partial charge on any atom is -0.481 e.